The minimum Gasteiger partial charge on any atom is -0.409 e. The second-order valence-corrected chi connectivity index (χ2v) is 4.41. The molecule has 0 amide bonds. The maximum atomic E-state index is 8.78. The van der Waals surface area contributed by atoms with Crippen LogP contribution in [0.15, 0.2) is 23.5 Å². The Bertz CT molecular complexity index is 436. The molecule has 1 aromatic rings. The Morgan fingerprint density at radius 3 is 3.28 bits per heavy atom. The van der Waals surface area contributed by atoms with E-state index >= 15 is 0 Å². The molecule has 6 heteroatoms. The summed E-state index contributed by atoms with van der Waals surface area (Å²) >= 11 is 0. The van der Waals surface area contributed by atoms with Gasteiger partial charge in [-0.2, -0.15) is 0 Å². The SMILES string of the molecule is COCC1CCN(c2cccnc2/C(N)=N/O)C1. The lowest BCUT2D eigenvalue weighted by atomic mass is 10.1. The van der Waals surface area contributed by atoms with Crippen molar-refractivity contribution in [1.82, 2.24) is 4.98 Å². The van der Waals surface area contributed by atoms with Gasteiger partial charge in [0, 0.05) is 32.3 Å². The summed E-state index contributed by atoms with van der Waals surface area (Å²) < 4.78 is 5.18. The molecule has 1 aliphatic rings. The first-order valence-electron chi connectivity index (χ1n) is 5.93. The summed E-state index contributed by atoms with van der Waals surface area (Å²) in [6.07, 6.45) is 2.72. The number of pyridine rings is 1. The number of aromatic nitrogens is 1. The molecule has 0 saturated carbocycles. The number of hydrogen-bond acceptors (Lipinski definition) is 5. The number of methoxy groups -OCH3 is 1. The quantitative estimate of drug-likeness (QED) is 0.355. The zero-order chi connectivity index (χ0) is 13.0. The van der Waals surface area contributed by atoms with Crippen LogP contribution in [0.2, 0.25) is 0 Å². The van der Waals surface area contributed by atoms with E-state index in [1.165, 1.54) is 0 Å². The lowest BCUT2D eigenvalue weighted by Crippen LogP contribution is -2.26. The first-order valence-corrected chi connectivity index (χ1v) is 5.93. The number of nitrogens with zero attached hydrogens (tertiary/aromatic N) is 3. The Hall–Kier alpha value is -1.82. The number of nitrogens with two attached hydrogens (primary N) is 1. The highest BCUT2D eigenvalue weighted by Crippen LogP contribution is 2.25. The van der Waals surface area contributed by atoms with Crippen molar-refractivity contribution in [2.24, 2.45) is 16.8 Å². The maximum absolute atomic E-state index is 8.78. The molecule has 0 radical (unpaired) electrons. The zero-order valence-electron chi connectivity index (χ0n) is 10.4. The Kier molecular flexibility index (Phi) is 3.99. The Balaban J connectivity index is 2.19. The Labute approximate surface area is 106 Å². The van der Waals surface area contributed by atoms with Gasteiger partial charge in [-0.05, 0) is 18.6 Å². The highest BCUT2D eigenvalue weighted by Gasteiger charge is 2.25. The van der Waals surface area contributed by atoms with E-state index < -0.39 is 0 Å². The van der Waals surface area contributed by atoms with E-state index in [9.17, 15) is 0 Å². The van der Waals surface area contributed by atoms with Crippen LogP contribution in [0.3, 0.4) is 0 Å². The van der Waals surface area contributed by atoms with Gasteiger partial charge in [-0.25, -0.2) is 0 Å². The van der Waals surface area contributed by atoms with E-state index in [0.717, 1.165) is 31.8 Å². The van der Waals surface area contributed by atoms with Crippen LogP contribution in [0.1, 0.15) is 12.1 Å². The summed E-state index contributed by atoms with van der Waals surface area (Å²) in [7, 11) is 1.72. The van der Waals surface area contributed by atoms with Gasteiger partial charge < -0.3 is 20.6 Å². The van der Waals surface area contributed by atoms with Crippen molar-refractivity contribution < 1.29 is 9.94 Å². The average Bonchev–Trinajstić information content (AvgIpc) is 2.87. The maximum Gasteiger partial charge on any atom is 0.190 e. The minimum atomic E-state index is 0.0424. The molecule has 0 bridgehead atoms. The van der Waals surface area contributed by atoms with Crippen molar-refractivity contribution in [1.29, 1.82) is 0 Å². The van der Waals surface area contributed by atoms with Gasteiger partial charge in [0.15, 0.2) is 5.84 Å². The number of oxime groups is 1. The molecule has 1 atom stereocenters. The van der Waals surface area contributed by atoms with E-state index in [2.05, 4.69) is 15.0 Å². The molecule has 1 aliphatic heterocycles. The van der Waals surface area contributed by atoms with Gasteiger partial charge in [-0.15, -0.1) is 0 Å². The van der Waals surface area contributed by atoms with Crippen molar-refractivity contribution in [2.45, 2.75) is 6.42 Å². The third-order valence-electron chi connectivity index (χ3n) is 3.17. The zero-order valence-corrected chi connectivity index (χ0v) is 10.4. The third-order valence-corrected chi connectivity index (χ3v) is 3.17. The summed E-state index contributed by atoms with van der Waals surface area (Å²) in [5.74, 6) is 0.566. The molecule has 0 spiro atoms. The fourth-order valence-electron chi connectivity index (χ4n) is 2.32. The van der Waals surface area contributed by atoms with Gasteiger partial charge in [0.25, 0.3) is 0 Å². The third kappa shape index (κ3) is 2.53. The number of amidine groups is 1. The molecule has 98 valence electrons. The number of hydrogen-bond donors (Lipinski definition) is 2. The highest BCUT2D eigenvalue weighted by atomic mass is 16.5. The fourth-order valence-corrected chi connectivity index (χ4v) is 2.32. The van der Waals surface area contributed by atoms with Crippen LogP contribution in [0.25, 0.3) is 0 Å². The molecule has 1 saturated heterocycles. The van der Waals surface area contributed by atoms with Crippen molar-refractivity contribution in [3.63, 3.8) is 0 Å². The molecule has 1 aromatic heterocycles. The summed E-state index contributed by atoms with van der Waals surface area (Å²) in [6, 6.07) is 3.79. The van der Waals surface area contributed by atoms with Crippen LogP contribution < -0.4 is 10.6 Å². The van der Waals surface area contributed by atoms with E-state index in [4.69, 9.17) is 15.7 Å². The molecule has 0 aromatic carbocycles. The van der Waals surface area contributed by atoms with Gasteiger partial charge in [-0.1, -0.05) is 5.16 Å². The van der Waals surface area contributed by atoms with Crippen LogP contribution in [0, 0.1) is 5.92 Å². The lowest BCUT2D eigenvalue weighted by Gasteiger charge is -2.20. The van der Waals surface area contributed by atoms with Gasteiger partial charge >= 0.3 is 0 Å². The predicted octanol–water partition coefficient (Wildman–Crippen LogP) is 0.649. The molecule has 1 fully saturated rings. The largest absolute Gasteiger partial charge is 0.409 e. The second kappa shape index (κ2) is 5.68. The molecule has 2 rings (SSSR count). The van der Waals surface area contributed by atoms with Gasteiger partial charge in [0.2, 0.25) is 0 Å². The molecular formula is C12H18N4O2. The van der Waals surface area contributed by atoms with E-state index in [1.807, 2.05) is 12.1 Å². The Morgan fingerprint density at radius 2 is 2.56 bits per heavy atom. The average molecular weight is 250 g/mol. The van der Waals surface area contributed by atoms with Crippen LogP contribution in [0.4, 0.5) is 5.69 Å². The van der Waals surface area contributed by atoms with Crippen LogP contribution in [-0.2, 0) is 4.74 Å². The smallest absolute Gasteiger partial charge is 0.190 e. The number of ether oxygens (including phenoxy) is 1. The highest BCUT2D eigenvalue weighted by molar-refractivity contribution is 6.00. The van der Waals surface area contributed by atoms with Crippen molar-refractivity contribution >= 4 is 11.5 Å². The Morgan fingerprint density at radius 1 is 1.72 bits per heavy atom. The first-order chi connectivity index (χ1) is 8.76. The molecule has 3 N–H and O–H groups in total. The van der Waals surface area contributed by atoms with E-state index in [1.54, 1.807) is 13.3 Å². The van der Waals surface area contributed by atoms with Gasteiger partial charge in [-0.3, -0.25) is 4.98 Å². The van der Waals surface area contributed by atoms with Crippen LogP contribution in [-0.4, -0.2) is 42.8 Å². The van der Waals surface area contributed by atoms with Gasteiger partial charge in [0.05, 0.1) is 12.3 Å². The number of rotatable bonds is 4. The number of anilines is 1. The van der Waals surface area contributed by atoms with Crippen molar-refractivity contribution in [2.75, 3.05) is 31.7 Å². The van der Waals surface area contributed by atoms with E-state index in [0.29, 0.717) is 11.6 Å². The molecule has 0 aliphatic carbocycles. The first kappa shape index (κ1) is 12.6. The fraction of sp³-hybridized carbons (Fsp3) is 0.500. The van der Waals surface area contributed by atoms with Gasteiger partial charge in [0.1, 0.15) is 5.69 Å². The topological polar surface area (TPSA) is 84.0 Å². The molecule has 1 unspecified atom stereocenters. The second-order valence-electron chi connectivity index (χ2n) is 4.41. The molecule has 2 heterocycles. The summed E-state index contributed by atoms with van der Waals surface area (Å²) in [6.45, 7) is 2.60. The normalized spacial score (nSPS) is 20.4. The predicted molar refractivity (Wildman–Crippen MR) is 68.9 cm³/mol. The van der Waals surface area contributed by atoms with Crippen LogP contribution in [0.5, 0.6) is 0 Å². The van der Waals surface area contributed by atoms with Crippen molar-refractivity contribution in [3.8, 4) is 0 Å². The summed E-state index contributed by atoms with van der Waals surface area (Å²) in [5.41, 5.74) is 7.08. The molecular weight excluding hydrogens is 232 g/mol. The molecule has 6 nitrogen and oxygen atoms in total. The summed E-state index contributed by atoms with van der Waals surface area (Å²) in [5, 5.41) is 11.8. The van der Waals surface area contributed by atoms with Crippen molar-refractivity contribution in [3.05, 3.63) is 24.0 Å². The standard InChI is InChI=1S/C12H18N4O2/c1-18-8-9-4-6-16(7-9)10-3-2-5-14-11(10)12(13)15-17/h2-3,5,9,17H,4,6-8H2,1H3,(H2,13,15). The minimum absolute atomic E-state index is 0.0424. The lowest BCUT2D eigenvalue weighted by molar-refractivity contribution is 0.161. The van der Waals surface area contributed by atoms with E-state index in [-0.39, 0.29) is 5.84 Å². The monoisotopic (exact) mass is 250 g/mol. The van der Waals surface area contributed by atoms with Crippen LogP contribution >= 0.6 is 0 Å². The summed E-state index contributed by atoms with van der Waals surface area (Å²) in [4.78, 5) is 6.37. The molecule has 18 heavy (non-hydrogen) atoms.